The molecule has 0 unspecified atom stereocenters. The van der Waals surface area contributed by atoms with E-state index < -0.39 is 17.5 Å². The van der Waals surface area contributed by atoms with Gasteiger partial charge in [0.25, 0.3) is 0 Å². The van der Waals surface area contributed by atoms with E-state index in [-0.39, 0.29) is 16.7 Å². The normalized spacial score (nSPS) is 9.85. The fourth-order valence-corrected chi connectivity index (χ4v) is 1.67. The lowest BCUT2D eigenvalue weighted by Gasteiger charge is -2.06. The van der Waals surface area contributed by atoms with E-state index in [4.69, 9.17) is 5.26 Å². The van der Waals surface area contributed by atoms with Gasteiger partial charge >= 0.3 is 5.97 Å². The van der Waals surface area contributed by atoms with Gasteiger partial charge < -0.3 is 9.84 Å². The molecule has 0 aliphatic carbocycles. The van der Waals surface area contributed by atoms with Gasteiger partial charge in [0.2, 0.25) is 0 Å². The predicted molar refractivity (Wildman–Crippen MR) is 67.4 cm³/mol. The number of nitriles is 1. The van der Waals surface area contributed by atoms with Crippen LogP contribution < -0.4 is 0 Å². The molecule has 0 aliphatic rings. The molecular weight excluding hydrogens is 263 g/mol. The zero-order valence-corrected chi connectivity index (χ0v) is 10.4. The molecule has 6 heteroatoms. The number of halogens is 1. The molecule has 5 nitrogen and oxygen atoms in total. The van der Waals surface area contributed by atoms with E-state index in [1.54, 1.807) is 6.07 Å². The average molecular weight is 272 g/mol. The lowest BCUT2D eigenvalue weighted by Crippen LogP contribution is -2.01. The number of phenols is 1. The highest BCUT2D eigenvalue weighted by Crippen LogP contribution is 2.28. The van der Waals surface area contributed by atoms with Crippen LogP contribution in [0, 0.1) is 17.1 Å². The number of pyridine rings is 1. The molecule has 0 bridgehead atoms. The molecule has 1 aromatic heterocycles. The number of rotatable bonds is 2. The second-order valence-corrected chi connectivity index (χ2v) is 3.89. The maximum atomic E-state index is 13.5. The summed E-state index contributed by atoms with van der Waals surface area (Å²) in [7, 11) is 1.25. The van der Waals surface area contributed by atoms with E-state index in [2.05, 4.69) is 9.72 Å². The summed E-state index contributed by atoms with van der Waals surface area (Å²) < 4.78 is 18.1. The molecule has 0 spiro atoms. The number of aromatic hydroxyl groups is 1. The van der Waals surface area contributed by atoms with Crippen molar-refractivity contribution in [3.8, 4) is 23.1 Å². The molecule has 0 radical (unpaired) electrons. The Kier molecular flexibility index (Phi) is 3.62. The highest BCUT2D eigenvalue weighted by molar-refractivity contribution is 5.90. The first-order valence-electron chi connectivity index (χ1n) is 5.54. The average Bonchev–Trinajstić information content (AvgIpc) is 2.49. The van der Waals surface area contributed by atoms with E-state index in [0.29, 0.717) is 5.69 Å². The van der Waals surface area contributed by atoms with Crippen molar-refractivity contribution < 1.29 is 19.0 Å². The fraction of sp³-hybridized carbons (Fsp3) is 0.0714. The monoisotopic (exact) mass is 272 g/mol. The fourth-order valence-electron chi connectivity index (χ4n) is 1.67. The highest BCUT2D eigenvalue weighted by atomic mass is 19.1. The number of carbonyl (C=O) groups is 1. The minimum Gasteiger partial charge on any atom is -0.504 e. The van der Waals surface area contributed by atoms with Gasteiger partial charge in [-0.3, -0.25) is 4.98 Å². The van der Waals surface area contributed by atoms with Crippen LogP contribution >= 0.6 is 0 Å². The van der Waals surface area contributed by atoms with Crippen LogP contribution in [-0.2, 0) is 4.74 Å². The van der Waals surface area contributed by atoms with Gasteiger partial charge in [-0.25, -0.2) is 9.18 Å². The van der Waals surface area contributed by atoms with Crippen molar-refractivity contribution in [3.05, 3.63) is 47.4 Å². The first-order valence-corrected chi connectivity index (χ1v) is 5.54. The van der Waals surface area contributed by atoms with Crippen molar-refractivity contribution >= 4 is 5.97 Å². The molecule has 1 N–H and O–H groups in total. The Hall–Kier alpha value is -2.94. The molecule has 1 heterocycles. The third-order valence-corrected chi connectivity index (χ3v) is 2.66. The van der Waals surface area contributed by atoms with E-state index >= 15 is 0 Å². The Bertz CT molecular complexity index is 723. The molecule has 0 saturated heterocycles. The maximum Gasteiger partial charge on any atom is 0.337 e. The second-order valence-electron chi connectivity index (χ2n) is 3.89. The summed E-state index contributed by atoms with van der Waals surface area (Å²) in [4.78, 5) is 15.4. The number of nitrogens with zero attached hydrogens (tertiary/aromatic N) is 2. The molecule has 0 aliphatic heterocycles. The van der Waals surface area contributed by atoms with Crippen LogP contribution in [0.4, 0.5) is 4.39 Å². The number of esters is 1. The standard InChI is InChI=1S/C14H9FN2O3/c1-20-14(19)8-2-3-17-12(6-8)9-4-10(7-16)13(18)11(15)5-9/h2-6,18H,1H3. The molecule has 0 atom stereocenters. The third kappa shape index (κ3) is 2.42. The van der Waals surface area contributed by atoms with Gasteiger partial charge in [-0.15, -0.1) is 0 Å². The molecule has 100 valence electrons. The number of ether oxygens (including phenoxy) is 1. The number of aromatic nitrogens is 1. The topological polar surface area (TPSA) is 83.2 Å². The van der Waals surface area contributed by atoms with Gasteiger partial charge in [0.05, 0.1) is 23.9 Å². The zero-order chi connectivity index (χ0) is 14.7. The molecule has 0 saturated carbocycles. The van der Waals surface area contributed by atoms with E-state index in [9.17, 15) is 14.3 Å². The summed E-state index contributed by atoms with van der Waals surface area (Å²) in [6.45, 7) is 0. The van der Waals surface area contributed by atoms with Crippen LogP contribution in [0.2, 0.25) is 0 Å². The van der Waals surface area contributed by atoms with Crippen molar-refractivity contribution in [3.63, 3.8) is 0 Å². The lowest BCUT2D eigenvalue weighted by atomic mass is 10.1. The van der Waals surface area contributed by atoms with Gasteiger partial charge in [0.15, 0.2) is 11.6 Å². The lowest BCUT2D eigenvalue weighted by molar-refractivity contribution is 0.0600. The van der Waals surface area contributed by atoms with Crippen molar-refractivity contribution in [2.45, 2.75) is 0 Å². The first-order chi connectivity index (χ1) is 9.56. The molecule has 20 heavy (non-hydrogen) atoms. The molecule has 0 fully saturated rings. The summed E-state index contributed by atoms with van der Waals surface area (Å²) in [6, 6.07) is 6.89. The number of carbonyl (C=O) groups excluding carboxylic acids is 1. The maximum absolute atomic E-state index is 13.5. The van der Waals surface area contributed by atoms with Crippen molar-refractivity contribution in [1.82, 2.24) is 4.98 Å². The minimum atomic E-state index is -0.927. The van der Waals surface area contributed by atoms with Crippen LogP contribution in [0.1, 0.15) is 15.9 Å². The molecule has 1 aromatic carbocycles. The Morgan fingerprint density at radius 1 is 1.45 bits per heavy atom. The number of hydrogen-bond donors (Lipinski definition) is 1. The molecular formula is C14H9FN2O3. The van der Waals surface area contributed by atoms with Crippen molar-refractivity contribution in [1.29, 1.82) is 5.26 Å². The molecule has 0 amide bonds. The number of phenolic OH excluding ortho intramolecular Hbond substituents is 1. The van der Waals surface area contributed by atoms with Gasteiger partial charge in [-0.05, 0) is 24.3 Å². The van der Waals surface area contributed by atoms with Gasteiger partial charge in [0, 0.05) is 11.8 Å². The number of hydrogen-bond acceptors (Lipinski definition) is 5. The Morgan fingerprint density at radius 2 is 2.20 bits per heavy atom. The number of methoxy groups -OCH3 is 1. The summed E-state index contributed by atoms with van der Waals surface area (Å²) in [5.41, 5.74) is 0.626. The first kappa shape index (κ1) is 13.5. The molecule has 2 rings (SSSR count). The Morgan fingerprint density at radius 3 is 2.85 bits per heavy atom. The van der Waals surface area contributed by atoms with Crippen LogP contribution in [0.5, 0.6) is 5.75 Å². The highest BCUT2D eigenvalue weighted by Gasteiger charge is 2.13. The predicted octanol–water partition coefficient (Wildman–Crippen LogP) is 2.25. The van der Waals surface area contributed by atoms with Crippen LogP contribution in [0.3, 0.4) is 0 Å². The minimum absolute atomic E-state index is 0.203. The third-order valence-electron chi connectivity index (χ3n) is 2.66. The largest absolute Gasteiger partial charge is 0.504 e. The van der Waals surface area contributed by atoms with Crippen LogP contribution in [-0.4, -0.2) is 23.2 Å². The quantitative estimate of drug-likeness (QED) is 0.848. The van der Waals surface area contributed by atoms with Crippen molar-refractivity contribution in [2.75, 3.05) is 7.11 Å². The molecule has 2 aromatic rings. The summed E-state index contributed by atoms with van der Waals surface area (Å²) >= 11 is 0. The SMILES string of the molecule is COC(=O)c1ccnc(-c2cc(F)c(O)c(C#N)c2)c1. The van der Waals surface area contributed by atoms with Gasteiger partial charge in [0.1, 0.15) is 6.07 Å². The summed E-state index contributed by atoms with van der Waals surface area (Å²) in [5.74, 6) is -2.18. The van der Waals surface area contributed by atoms with Crippen molar-refractivity contribution in [2.24, 2.45) is 0 Å². The smallest absolute Gasteiger partial charge is 0.337 e. The van der Waals surface area contributed by atoms with E-state index in [1.807, 2.05) is 0 Å². The van der Waals surface area contributed by atoms with Gasteiger partial charge in [-0.2, -0.15) is 5.26 Å². The zero-order valence-electron chi connectivity index (χ0n) is 10.4. The number of benzene rings is 1. The van der Waals surface area contributed by atoms with E-state index in [1.165, 1.54) is 31.5 Å². The van der Waals surface area contributed by atoms with Crippen LogP contribution in [0.25, 0.3) is 11.3 Å². The Labute approximate surface area is 113 Å². The summed E-state index contributed by atoms with van der Waals surface area (Å²) in [6.07, 6.45) is 1.37. The van der Waals surface area contributed by atoms with Gasteiger partial charge in [-0.1, -0.05) is 0 Å². The second kappa shape index (κ2) is 5.36. The van der Waals surface area contributed by atoms with Crippen LogP contribution in [0.15, 0.2) is 30.5 Å². The Balaban J connectivity index is 2.55. The summed E-state index contributed by atoms with van der Waals surface area (Å²) in [5, 5.41) is 18.2. The van der Waals surface area contributed by atoms with E-state index in [0.717, 1.165) is 6.07 Å².